The zero-order valence-corrected chi connectivity index (χ0v) is 35.4. The number of aromatic nitrogens is 2. The van der Waals surface area contributed by atoms with E-state index in [1.54, 1.807) is 0 Å². The molecule has 0 spiro atoms. The van der Waals surface area contributed by atoms with Crippen LogP contribution in [0, 0.1) is 35.5 Å². The SMILES string of the molecule is CC(C)CCC[C@H](C)CCC[C@H](C)CCOc1cc2nc(-c3ccccc3)c(-c3ccccc3)nc2cc1OCC[C@@H](C)CCC[C@@H](C)CCCC(C)C. The quantitative estimate of drug-likeness (QED) is 0.0644. The second-order valence-electron chi connectivity index (χ2n) is 17.6. The van der Waals surface area contributed by atoms with Crippen molar-refractivity contribution in [3.05, 3.63) is 72.8 Å². The molecule has 4 nitrogen and oxygen atoms in total. The molecule has 4 rings (SSSR count). The summed E-state index contributed by atoms with van der Waals surface area (Å²) < 4.78 is 13.2. The standard InChI is InChI=1S/C50H74N2O2/c1-37(2)19-15-21-39(5)23-17-25-41(7)31-33-53-47-35-45-46(36-48(47)54-34-32-42(8)26-18-24-40(6)22-16-20-38(3)4)52-50(44-29-13-10-14-30-44)49(51-45)43-27-11-9-12-28-43/h9-14,27-30,35-42H,15-26,31-34H2,1-8H3/t39-,40-,41-,42-/m0/s1. The van der Waals surface area contributed by atoms with Gasteiger partial charge in [-0.15, -0.1) is 0 Å². The van der Waals surface area contributed by atoms with E-state index >= 15 is 0 Å². The van der Waals surface area contributed by atoms with Crippen LogP contribution in [-0.2, 0) is 0 Å². The van der Waals surface area contributed by atoms with Crippen LogP contribution in [0.5, 0.6) is 11.5 Å². The molecule has 0 aliphatic rings. The summed E-state index contributed by atoms with van der Waals surface area (Å²) in [5.41, 5.74) is 5.51. The minimum Gasteiger partial charge on any atom is -0.490 e. The minimum atomic E-state index is 0.620. The molecule has 0 saturated heterocycles. The van der Waals surface area contributed by atoms with E-state index in [0.717, 1.165) is 81.6 Å². The summed E-state index contributed by atoms with van der Waals surface area (Å²) >= 11 is 0. The Labute approximate surface area is 330 Å². The summed E-state index contributed by atoms with van der Waals surface area (Å²) in [4.78, 5) is 10.5. The number of nitrogens with zero attached hydrogens (tertiary/aromatic N) is 2. The Kier molecular flexibility index (Phi) is 18.9. The van der Waals surface area contributed by atoms with Gasteiger partial charge in [-0.1, -0.05) is 193 Å². The van der Waals surface area contributed by atoms with Crippen LogP contribution < -0.4 is 9.47 Å². The molecule has 0 N–H and O–H groups in total. The van der Waals surface area contributed by atoms with E-state index in [-0.39, 0.29) is 0 Å². The maximum absolute atomic E-state index is 6.58. The fourth-order valence-electron chi connectivity index (χ4n) is 7.58. The maximum Gasteiger partial charge on any atom is 0.163 e. The molecule has 4 atom stereocenters. The molecule has 1 heterocycles. The van der Waals surface area contributed by atoms with E-state index in [1.165, 1.54) is 77.0 Å². The highest BCUT2D eigenvalue weighted by atomic mass is 16.5. The molecule has 3 aromatic carbocycles. The van der Waals surface area contributed by atoms with Gasteiger partial charge in [-0.25, -0.2) is 9.97 Å². The Balaban J connectivity index is 1.44. The van der Waals surface area contributed by atoms with Crippen molar-refractivity contribution in [1.82, 2.24) is 9.97 Å². The number of hydrogen-bond donors (Lipinski definition) is 0. The molecule has 0 unspecified atom stereocenters. The van der Waals surface area contributed by atoms with Gasteiger partial charge in [-0.05, 0) is 48.3 Å². The van der Waals surface area contributed by atoms with Gasteiger partial charge >= 0.3 is 0 Å². The number of fused-ring (bicyclic) bond motifs is 1. The maximum atomic E-state index is 6.58. The molecule has 0 fully saturated rings. The average molecular weight is 735 g/mol. The Morgan fingerprint density at radius 1 is 0.407 bits per heavy atom. The molecule has 54 heavy (non-hydrogen) atoms. The molecule has 0 aliphatic carbocycles. The third-order valence-corrected chi connectivity index (χ3v) is 11.3. The molecule has 4 aromatic rings. The lowest BCUT2D eigenvalue weighted by molar-refractivity contribution is 0.237. The lowest BCUT2D eigenvalue weighted by Gasteiger charge is -2.18. The van der Waals surface area contributed by atoms with Crippen molar-refractivity contribution in [1.29, 1.82) is 0 Å². The number of ether oxygens (including phenoxy) is 2. The first-order valence-corrected chi connectivity index (χ1v) is 21.8. The smallest absolute Gasteiger partial charge is 0.163 e. The Morgan fingerprint density at radius 2 is 0.722 bits per heavy atom. The lowest BCUT2D eigenvalue weighted by Crippen LogP contribution is -2.09. The van der Waals surface area contributed by atoms with Crippen molar-refractivity contribution in [2.75, 3.05) is 13.2 Å². The van der Waals surface area contributed by atoms with Gasteiger partial charge in [0.05, 0.1) is 35.6 Å². The second kappa shape index (κ2) is 23.5. The number of hydrogen-bond acceptors (Lipinski definition) is 4. The molecule has 0 radical (unpaired) electrons. The van der Waals surface area contributed by atoms with Crippen LogP contribution in [0.1, 0.15) is 145 Å². The van der Waals surface area contributed by atoms with Crippen molar-refractivity contribution in [2.24, 2.45) is 35.5 Å². The summed E-state index contributed by atoms with van der Waals surface area (Å²) in [7, 11) is 0. The van der Waals surface area contributed by atoms with Crippen molar-refractivity contribution in [3.63, 3.8) is 0 Å². The van der Waals surface area contributed by atoms with E-state index < -0.39 is 0 Å². The largest absolute Gasteiger partial charge is 0.490 e. The van der Waals surface area contributed by atoms with Gasteiger partial charge in [0.15, 0.2) is 11.5 Å². The topological polar surface area (TPSA) is 44.2 Å². The minimum absolute atomic E-state index is 0.620. The van der Waals surface area contributed by atoms with Gasteiger partial charge in [0.25, 0.3) is 0 Å². The van der Waals surface area contributed by atoms with Crippen molar-refractivity contribution in [2.45, 2.75) is 145 Å². The zero-order valence-electron chi connectivity index (χ0n) is 35.4. The molecule has 4 heteroatoms. The molecule has 0 saturated carbocycles. The van der Waals surface area contributed by atoms with Crippen LogP contribution in [0.3, 0.4) is 0 Å². The monoisotopic (exact) mass is 735 g/mol. The average Bonchev–Trinajstić information content (AvgIpc) is 3.15. The molecular weight excluding hydrogens is 661 g/mol. The summed E-state index contributed by atoms with van der Waals surface area (Å²) in [6.07, 6.45) is 18.0. The van der Waals surface area contributed by atoms with Gasteiger partial charge in [0.1, 0.15) is 0 Å². The molecule has 0 aliphatic heterocycles. The highest BCUT2D eigenvalue weighted by Crippen LogP contribution is 2.37. The van der Waals surface area contributed by atoms with Crippen LogP contribution >= 0.6 is 0 Å². The number of benzene rings is 3. The van der Waals surface area contributed by atoms with Crippen LogP contribution in [0.2, 0.25) is 0 Å². The van der Waals surface area contributed by atoms with Gasteiger partial charge in [-0.3, -0.25) is 0 Å². The second-order valence-corrected chi connectivity index (χ2v) is 17.6. The van der Waals surface area contributed by atoms with Crippen molar-refractivity contribution < 1.29 is 9.47 Å². The predicted molar refractivity (Wildman–Crippen MR) is 232 cm³/mol. The molecule has 296 valence electrons. The fourth-order valence-corrected chi connectivity index (χ4v) is 7.58. The van der Waals surface area contributed by atoms with Crippen LogP contribution in [-0.4, -0.2) is 23.2 Å². The van der Waals surface area contributed by atoms with Gasteiger partial charge in [0, 0.05) is 23.3 Å². The van der Waals surface area contributed by atoms with Gasteiger partial charge in [-0.2, -0.15) is 0 Å². The third kappa shape index (κ3) is 15.4. The fraction of sp³-hybridized carbons (Fsp3) is 0.600. The van der Waals surface area contributed by atoms with Crippen LogP contribution in [0.15, 0.2) is 72.8 Å². The first-order chi connectivity index (χ1) is 26.1. The lowest BCUT2D eigenvalue weighted by atomic mass is 9.93. The van der Waals surface area contributed by atoms with Crippen LogP contribution in [0.25, 0.3) is 33.5 Å². The van der Waals surface area contributed by atoms with Gasteiger partial charge in [0.2, 0.25) is 0 Å². The normalized spacial score (nSPS) is 14.0. The molecular formula is C50H74N2O2. The highest BCUT2D eigenvalue weighted by molar-refractivity contribution is 5.88. The number of rotatable bonds is 26. The first kappa shape index (κ1) is 43.3. The summed E-state index contributed by atoms with van der Waals surface area (Å²) in [6, 6.07) is 24.9. The predicted octanol–water partition coefficient (Wildman–Crippen LogP) is 15.0. The highest BCUT2D eigenvalue weighted by Gasteiger charge is 2.18. The van der Waals surface area contributed by atoms with E-state index in [9.17, 15) is 0 Å². The Morgan fingerprint density at radius 3 is 1.06 bits per heavy atom. The van der Waals surface area contributed by atoms with E-state index in [0.29, 0.717) is 25.0 Å². The van der Waals surface area contributed by atoms with Gasteiger partial charge < -0.3 is 9.47 Å². The van der Waals surface area contributed by atoms with Crippen molar-refractivity contribution in [3.8, 4) is 34.0 Å². The van der Waals surface area contributed by atoms with E-state index in [2.05, 4.69) is 116 Å². The van der Waals surface area contributed by atoms with Crippen molar-refractivity contribution >= 4 is 11.0 Å². The Hall–Kier alpha value is -3.40. The van der Waals surface area contributed by atoms with E-state index in [1.807, 2.05) is 12.1 Å². The summed E-state index contributed by atoms with van der Waals surface area (Å²) in [5.74, 6) is 6.05. The molecule has 1 aromatic heterocycles. The molecule has 0 amide bonds. The summed E-state index contributed by atoms with van der Waals surface area (Å²) in [5, 5.41) is 0. The summed E-state index contributed by atoms with van der Waals surface area (Å²) in [6.45, 7) is 20.3. The molecule has 0 bridgehead atoms. The van der Waals surface area contributed by atoms with E-state index in [4.69, 9.17) is 19.4 Å². The zero-order chi connectivity index (χ0) is 38.7. The first-order valence-electron chi connectivity index (χ1n) is 21.8. The third-order valence-electron chi connectivity index (χ3n) is 11.3. The Bertz CT molecular complexity index is 1480. The van der Waals surface area contributed by atoms with Crippen LogP contribution in [0.4, 0.5) is 0 Å².